The first-order valence-electron chi connectivity index (χ1n) is 8.90. The smallest absolute Gasteiger partial charge is 0.267 e. The van der Waals surface area contributed by atoms with E-state index in [9.17, 15) is 9.59 Å². The zero-order chi connectivity index (χ0) is 20.5. The minimum atomic E-state index is -0.387. The van der Waals surface area contributed by atoms with Crippen LogP contribution in [0.2, 0.25) is 5.02 Å². The van der Waals surface area contributed by atoms with E-state index < -0.39 is 0 Å². The van der Waals surface area contributed by atoms with E-state index in [1.807, 2.05) is 23.6 Å². The first-order chi connectivity index (χ1) is 14.1. The van der Waals surface area contributed by atoms with Crippen molar-refractivity contribution in [2.45, 2.75) is 0 Å². The van der Waals surface area contributed by atoms with Gasteiger partial charge in [0.1, 0.15) is 18.1 Å². The van der Waals surface area contributed by atoms with Crippen molar-refractivity contribution in [2.24, 2.45) is 0 Å². The van der Waals surface area contributed by atoms with E-state index in [0.717, 1.165) is 4.88 Å². The molecule has 0 atom stereocenters. The number of amides is 2. The summed E-state index contributed by atoms with van der Waals surface area (Å²) in [6, 6.07) is 19.5. The number of benzene rings is 2. The highest BCUT2D eigenvalue weighted by molar-refractivity contribution is 7.10. The molecule has 0 unspecified atom stereocenters. The molecular formula is C22H19ClN2O3S. The second kappa shape index (κ2) is 10.5. The molecule has 0 aliphatic rings. The van der Waals surface area contributed by atoms with Crippen LogP contribution in [0.3, 0.4) is 0 Å². The number of ether oxygens (including phenoxy) is 1. The molecule has 0 aliphatic carbocycles. The highest BCUT2D eigenvalue weighted by Gasteiger charge is 2.14. The summed E-state index contributed by atoms with van der Waals surface area (Å²) in [5.41, 5.74) is 0.649. The Morgan fingerprint density at radius 2 is 1.76 bits per heavy atom. The van der Waals surface area contributed by atoms with Crippen LogP contribution in [0.5, 0.6) is 5.75 Å². The van der Waals surface area contributed by atoms with E-state index in [1.54, 1.807) is 54.6 Å². The van der Waals surface area contributed by atoms with Crippen LogP contribution in [0, 0.1) is 0 Å². The van der Waals surface area contributed by atoms with Crippen LogP contribution in [0.15, 0.2) is 77.8 Å². The van der Waals surface area contributed by atoms with Crippen LogP contribution in [0.4, 0.5) is 0 Å². The maximum Gasteiger partial charge on any atom is 0.267 e. The SMILES string of the molecule is O=C(NCCOc1ccc(Cl)cc1)/C(=C/c1cccs1)NC(=O)c1ccccc1. The van der Waals surface area contributed by atoms with Crippen molar-refractivity contribution in [3.05, 3.63) is 93.3 Å². The van der Waals surface area contributed by atoms with Crippen molar-refractivity contribution in [1.29, 1.82) is 0 Å². The number of thiophene rings is 1. The third-order valence-electron chi connectivity index (χ3n) is 3.83. The molecular weight excluding hydrogens is 408 g/mol. The molecule has 0 fully saturated rings. The molecule has 0 saturated carbocycles. The molecule has 1 aromatic heterocycles. The molecule has 148 valence electrons. The van der Waals surface area contributed by atoms with E-state index in [4.69, 9.17) is 16.3 Å². The first kappa shape index (κ1) is 20.6. The van der Waals surface area contributed by atoms with Crippen molar-refractivity contribution in [2.75, 3.05) is 13.2 Å². The zero-order valence-corrected chi connectivity index (χ0v) is 17.0. The van der Waals surface area contributed by atoms with Gasteiger partial charge in [0.15, 0.2) is 0 Å². The van der Waals surface area contributed by atoms with Gasteiger partial charge in [-0.25, -0.2) is 0 Å². The van der Waals surface area contributed by atoms with Gasteiger partial charge in [-0.2, -0.15) is 0 Å². The van der Waals surface area contributed by atoms with Crippen molar-refractivity contribution in [3.8, 4) is 5.75 Å². The van der Waals surface area contributed by atoms with Gasteiger partial charge in [-0.1, -0.05) is 35.9 Å². The zero-order valence-electron chi connectivity index (χ0n) is 15.4. The lowest BCUT2D eigenvalue weighted by Gasteiger charge is -2.11. The molecule has 3 aromatic rings. The number of rotatable bonds is 8. The number of hydrogen-bond donors (Lipinski definition) is 2. The second-order valence-electron chi connectivity index (χ2n) is 5.95. The Kier molecular flexibility index (Phi) is 7.44. The molecule has 3 rings (SSSR count). The lowest BCUT2D eigenvalue weighted by atomic mass is 10.2. The first-order valence-corrected chi connectivity index (χ1v) is 10.2. The largest absolute Gasteiger partial charge is 0.492 e. The van der Waals surface area contributed by atoms with Gasteiger partial charge in [0.05, 0.1) is 6.54 Å². The van der Waals surface area contributed by atoms with Crippen molar-refractivity contribution < 1.29 is 14.3 Å². The maximum absolute atomic E-state index is 12.6. The Bertz CT molecular complexity index is 971. The fourth-order valence-electron chi connectivity index (χ4n) is 2.42. The molecule has 0 bridgehead atoms. The van der Waals surface area contributed by atoms with Gasteiger partial charge in [-0.3, -0.25) is 9.59 Å². The molecule has 0 spiro atoms. The summed E-state index contributed by atoms with van der Waals surface area (Å²) < 4.78 is 5.57. The van der Waals surface area contributed by atoms with E-state index in [0.29, 0.717) is 16.3 Å². The van der Waals surface area contributed by atoms with Crippen LogP contribution in [0.1, 0.15) is 15.2 Å². The summed E-state index contributed by atoms with van der Waals surface area (Å²) in [5, 5.41) is 7.99. The molecule has 29 heavy (non-hydrogen) atoms. The normalized spacial score (nSPS) is 11.0. The Morgan fingerprint density at radius 1 is 1.00 bits per heavy atom. The van der Waals surface area contributed by atoms with Gasteiger partial charge in [0.2, 0.25) is 0 Å². The van der Waals surface area contributed by atoms with Crippen molar-refractivity contribution >= 4 is 40.8 Å². The predicted octanol–water partition coefficient (Wildman–Crippen LogP) is 4.37. The summed E-state index contributed by atoms with van der Waals surface area (Å²) >= 11 is 7.32. The summed E-state index contributed by atoms with van der Waals surface area (Å²) in [7, 11) is 0. The third-order valence-corrected chi connectivity index (χ3v) is 4.90. The summed E-state index contributed by atoms with van der Waals surface area (Å²) in [5.74, 6) is -0.0706. The predicted molar refractivity (Wildman–Crippen MR) is 116 cm³/mol. The van der Waals surface area contributed by atoms with Crippen molar-refractivity contribution in [1.82, 2.24) is 10.6 Å². The van der Waals surface area contributed by atoms with Gasteiger partial charge < -0.3 is 15.4 Å². The lowest BCUT2D eigenvalue weighted by Crippen LogP contribution is -2.36. The molecule has 2 N–H and O–H groups in total. The standard InChI is InChI=1S/C22H19ClN2O3S/c23-17-8-10-18(11-9-17)28-13-12-24-22(27)20(15-19-7-4-14-29-19)25-21(26)16-5-2-1-3-6-16/h1-11,14-15H,12-13H2,(H,24,27)(H,25,26)/b20-15-. The van der Waals surface area contributed by atoms with Gasteiger partial charge in [0.25, 0.3) is 11.8 Å². The van der Waals surface area contributed by atoms with Gasteiger partial charge in [-0.05, 0) is 53.9 Å². The Morgan fingerprint density at radius 3 is 2.45 bits per heavy atom. The average Bonchev–Trinajstić information content (AvgIpc) is 3.25. The maximum atomic E-state index is 12.6. The molecule has 5 nitrogen and oxygen atoms in total. The number of halogens is 1. The Labute approximate surface area is 178 Å². The van der Waals surface area contributed by atoms with Crippen LogP contribution < -0.4 is 15.4 Å². The topological polar surface area (TPSA) is 67.4 Å². The highest BCUT2D eigenvalue weighted by Crippen LogP contribution is 2.15. The van der Waals surface area contributed by atoms with Gasteiger partial charge in [-0.15, -0.1) is 11.3 Å². The molecule has 0 saturated heterocycles. The third kappa shape index (κ3) is 6.48. The van der Waals surface area contributed by atoms with E-state index in [-0.39, 0.29) is 30.7 Å². The number of nitrogens with one attached hydrogen (secondary N) is 2. The van der Waals surface area contributed by atoms with Crippen LogP contribution >= 0.6 is 22.9 Å². The molecule has 2 amide bonds. The molecule has 1 heterocycles. The summed E-state index contributed by atoms with van der Waals surface area (Å²) in [6.07, 6.45) is 1.65. The Balaban J connectivity index is 1.60. The molecule has 0 aliphatic heterocycles. The van der Waals surface area contributed by atoms with Gasteiger partial charge in [0, 0.05) is 15.5 Å². The lowest BCUT2D eigenvalue weighted by molar-refractivity contribution is -0.117. The molecule has 2 aromatic carbocycles. The van der Waals surface area contributed by atoms with E-state index in [2.05, 4.69) is 10.6 Å². The van der Waals surface area contributed by atoms with E-state index in [1.165, 1.54) is 11.3 Å². The minimum absolute atomic E-state index is 0.174. The quantitative estimate of drug-likeness (QED) is 0.415. The highest BCUT2D eigenvalue weighted by atomic mass is 35.5. The van der Waals surface area contributed by atoms with Crippen LogP contribution in [0.25, 0.3) is 6.08 Å². The molecule has 7 heteroatoms. The number of hydrogen-bond acceptors (Lipinski definition) is 4. The fraction of sp³-hybridized carbons (Fsp3) is 0.0909. The average molecular weight is 427 g/mol. The molecule has 0 radical (unpaired) electrons. The number of carbonyl (C=O) groups excluding carboxylic acids is 2. The Hall–Kier alpha value is -3.09. The summed E-state index contributed by atoms with van der Waals surface area (Å²) in [6.45, 7) is 0.566. The van der Waals surface area contributed by atoms with E-state index >= 15 is 0 Å². The minimum Gasteiger partial charge on any atom is -0.492 e. The second-order valence-corrected chi connectivity index (χ2v) is 7.37. The number of carbonyl (C=O) groups is 2. The van der Waals surface area contributed by atoms with Gasteiger partial charge >= 0.3 is 0 Å². The summed E-state index contributed by atoms with van der Waals surface area (Å²) in [4.78, 5) is 26.0. The fourth-order valence-corrected chi connectivity index (χ4v) is 3.20. The van der Waals surface area contributed by atoms with Crippen LogP contribution in [-0.2, 0) is 4.79 Å². The van der Waals surface area contributed by atoms with Crippen molar-refractivity contribution in [3.63, 3.8) is 0 Å². The monoisotopic (exact) mass is 426 g/mol. The van der Waals surface area contributed by atoms with Crippen LogP contribution in [-0.4, -0.2) is 25.0 Å².